The van der Waals surface area contributed by atoms with E-state index in [-0.39, 0.29) is 12.5 Å². The minimum Gasteiger partial charge on any atom is -0.481 e. The molecule has 0 saturated carbocycles. The maximum Gasteiger partial charge on any atom is 0.320 e. The minimum absolute atomic E-state index is 0.00287. The summed E-state index contributed by atoms with van der Waals surface area (Å²) >= 11 is 0. The lowest BCUT2D eigenvalue weighted by molar-refractivity contribution is -0.137. The summed E-state index contributed by atoms with van der Waals surface area (Å²) < 4.78 is 0. The van der Waals surface area contributed by atoms with E-state index in [0.717, 1.165) is 25.9 Å². The number of likely N-dealkylation sites (tertiary alicyclic amines) is 1. The first-order valence-electron chi connectivity index (χ1n) is 6.84. The second-order valence-corrected chi connectivity index (χ2v) is 4.87. The molecule has 104 valence electrons. The van der Waals surface area contributed by atoms with Crippen molar-refractivity contribution in [3.8, 4) is 0 Å². The van der Waals surface area contributed by atoms with Gasteiger partial charge in [0.1, 0.15) is 0 Å². The molecule has 0 radical (unpaired) electrons. The highest BCUT2D eigenvalue weighted by Crippen LogP contribution is 2.20. The summed E-state index contributed by atoms with van der Waals surface area (Å²) in [5.41, 5.74) is 0. The first-order chi connectivity index (χ1) is 8.58. The molecule has 2 amide bonds. The fourth-order valence-electron chi connectivity index (χ4n) is 2.39. The Morgan fingerprint density at radius 3 is 2.67 bits per heavy atom. The molecule has 1 rings (SSSR count). The molecule has 1 fully saturated rings. The highest BCUT2D eigenvalue weighted by molar-refractivity contribution is 5.75. The molecule has 0 aromatic rings. The van der Waals surface area contributed by atoms with Crippen LogP contribution in [0.2, 0.25) is 0 Å². The number of carboxylic acids is 1. The van der Waals surface area contributed by atoms with Gasteiger partial charge in [0.25, 0.3) is 0 Å². The van der Waals surface area contributed by atoms with E-state index in [4.69, 9.17) is 5.11 Å². The fourth-order valence-corrected chi connectivity index (χ4v) is 2.39. The second-order valence-electron chi connectivity index (χ2n) is 4.87. The van der Waals surface area contributed by atoms with Crippen LogP contribution in [0.1, 0.15) is 39.5 Å². The number of hydrogen-bond acceptors (Lipinski definition) is 2. The van der Waals surface area contributed by atoms with E-state index in [1.54, 1.807) is 4.90 Å². The maximum atomic E-state index is 12.3. The van der Waals surface area contributed by atoms with Crippen LogP contribution >= 0.6 is 0 Å². The number of nitrogens with zero attached hydrogens (tertiary/aromatic N) is 2. The molecule has 1 aliphatic rings. The number of aliphatic carboxylic acids is 1. The molecule has 1 unspecified atom stereocenters. The van der Waals surface area contributed by atoms with E-state index in [1.807, 2.05) is 11.8 Å². The van der Waals surface area contributed by atoms with Gasteiger partial charge in [-0.15, -0.1) is 0 Å². The van der Waals surface area contributed by atoms with Gasteiger partial charge in [-0.1, -0.05) is 13.3 Å². The number of amides is 2. The quantitative estimate of drug-likeness (QED) is 0.818. The molecule has 1 N–H and O–H groups in total. The number of hydrogen-bond donors (Lipinski definition) is 1. The fraction of sp³-hybridized carbons (Fsp3) is 0.846. The lowest BCUT2D eigenvalue weighted by atomic mass is 9.96. The molecule has 1 aliphatic heterocycles. The van der Waals surface area contributed by atoms with Gasteiger partial charge in [-0.25, -0.2) is 4.79 Å². The third-order valence-corrected chi connectivity index (χ3v) is 3.61. The minimum atomic E-state index is -0.855. The van der Waals surface area contributed by atoms with Crippen LogP contribution in [0, 0.1) is 5.92 Å². The van der Waals surface area contributed by atoms with Gasteiger partial charge in [0.05, 0.1) is 6.42 Å². The second kappa shape index (κ2) is 7.24. The van der Waals surface area contributed by atoms with Crippen LogP contribution < -0.4 is 0 Å². The molecule has 18 heavy (non-hydrogen) atoms. The molecule has 0 aliphatic carbocycles. The monoisotopic (exact) mass is 256 g/mol. The molecule has 1 saturated heterocycles. The van der Waals surface area contributed by atoms with E-state index in [9.17, 15) is 9.59 Å². The van der Waals surface area contributed by atoms with Crippen LogP contribution in [0.3, 0.4) is 0 Å². The van der Waals surface area contributed by atoms with Crippen molar-refractivity contribution in [2.24, 2.45) is 5.92 Å². The zero-order chi connectivity index (χ0) is 13.5. The number of urea groups is 1. The van der Waals surface area contributed by atoms with Crippen molar-refractivity contribution in [3.05, 3.63) is 0 Å². The van der Waals surface area contributed by atoms with Crippen molar-refractivity contribution in [1.82, 2.24) is 9.80 Å². The Morgan fingerprint density at radius 1 is 1.39 bits per heavy atom. The summed E-state index contributed by atoms with van der Waals surface area (Å²) in [6, 6.07) is -0.00287. The summed E-state index contributed by atoms with van der Waals surface area (Å²) in [4.78, 5) is 26.3. The Bertz CT molecular complexity index is 294. The summed E-state index contributed by atoms with van der Waals surface area (Å²) in [6.07, 6.45) is 3.37. The molecule has 0 spiro atoms. The lowest BCUT2D eigenvalue weighted by Crippen LogP contribution is -2.48. The van der Waals surface area contributed by atoms with Crippen molar-refractivity contribution < 1.29 is 14.7 Å². The molecular formula is C13H24N2O3. The SMILES string of the molecule is CCC1CCCN(C(=O)N(CC)CCC(=O)O)C1. The van der Waals surface area contributed by atoms with Gasteiger partial charge in [0.2, 0.25) is 0 Å². The van der Waals surface area contributed by atoms with Crippen LogP contribution in [-0.4, -0.2) is 53.1 Å². The lowest BCUT2D eigenvalue weighted by Gasteiger charge is -2.35. The molecule has 0 aromatic carbocycles. The van der Waals surface area contributed by atoms with E-state index >= 15 is 0 Å². The average Bonchev–Trinajstić information content (AvgIpc) is 2.39. The maximum absolute atomic E-state index is 12.3. The topological polar surface area (TPSA) is 60.9 Å². The highest BCUT2D eigenvalue weighted by Gasteiger charge is 2.25. The zero-order valence-corrected chi connectivity index (χ0v) is 11.4. The number of piperidine rings is 1. The summed E-state index contributed by atoms with van der Waals surface area (Å²) in [7, 11) is 0. The van der Waals surface area contributed by atoms with E-state index in [1.165, 1.54) is 6.42 Å². The van der Waals surface area contributed by atoms with Crippen LogP contribution in [0.4, 0.5) is 4.79 Å². The van der Waals surface area contributed by atoms with E-state index < -0.39 is 5.97 Å². The van der Waals surface area contributed by atoms with Gasteiger partial charge in [-0.3, -0.25) is 4.79 Å². The van der Waals surface area contributed by atoms with Crippen molar-refractivity contribution in [1.29, 1.82) is 0 Å². The van der Waals surface area contributed by atoms with Crippen LogP contribution in [0.15, 0.2) is 0 Å². The number of carboxylic acid groups (broad SMARTS) is 1. The van der Waals surface area contributed by atoms with E-state index in [2.05, 4.69) is 6.92 Å². The van der Waals surface area contributed by atoms with Gasteiger partial charge in [0.15, 0.2) is 0 Å². The molecular weight excluding hydrogens is 232 g/mol. The van der Waals surface area contributed by atoms with Gasteiger partial charge in [0, 0.05) is 26.2 Å². The number of carbonyl (C=O) groups is 2. The first-order valence-corrected chi connectivity index (χ1v) is 6.84. The zero-order valence-electron chi connectivity index (χ0n) is 11.4. The van der Waals surface area contributed by atoms with Crippen molar-refractivity contribution in [2.75, 3.05) is 26.2 Å². The highest BCUT2D eigenvalue weighted by atomic mass is 16.4. The number of rotatable bonds is 5. The van der Waals surface area contributed by atoms with Crippen LogP contribution in [-0.2, 0) is 4.79 Å². The molecule has 1 heterocycles. The Kier molecular flexibility index (Phi) is 5.95. The van der Waals surface area contributed by atoms with Gasteiger partial charge >= 0.3 is 12.0 Å². The summed E-state index contributed by atoms with van der Waals surface area (Å²) in [6.45, 7) is 6.54. The third-order valence-electron chi connectivity index (χ3n) is 3.61. The summed E-state index contributed by atoms with van der Waals surface area (Å²) in [5.74, 6) is -0.257. The predicted molar refractivity (Wildman–Crippen MR) is 69.5 cm³/mol. The van der Waals surface area contributed by atoms with Gasteiger partial charge < -0.3 is 14.9 Å². The molecule has 1 atom stereocenters. The summed E-state index contributed by atoms with van der Waals surface area (Å²) in [5, 5.41) is 8.68. The smallest absolute Gasteiger partial charge is 0.320 e. The Hall–Kier alpha value is -1.26. The standard InChI is InChI=1S/C13H24N2O3/c1-3-11-6-5-8-15(10-11)13(18)14(4-2)9-7-12(16)17/h11H,3-10H2,1-2H3,(H,16,17). The predicted octanol–water partition coefficient (Wildman–Crippen LogP) is 2.03. The van der Waals surface area contributed by atoms with Crippen LogP contribution in [0.5, 0.6) is 0 Å². The Labute approximate surface area is 109 Å². The van der Waals surface area contributed by atoms with Gasteiger partial charge in [-0.05, 0) is 25.7 Å². The van der Waals surface area contributed by atoms with Gasteiger partial charge in [-0.2, -0.15) is 0 Å². The Balaban J connectivity index is 2.51. The van der Waals surface area contributed by atoms with Crippen LogP contribution in [0.25, 0.3) is 0 Å². The molecule has 0 bridgehead atoms. The third kappa shape index (κ3) is 4.20. The van der Waals surface area contributed by atoms with Crippen molar-refractivity contribution >= 4 is 12.0 Å². The van der Waals surface area contributed by atoms with E-state index in [0.29, 0.717) is 19.0 Å². The molecule has 0 aromatic heterocycles. The van der Waals surface area contributed by atoms with Crippen molar-refractivity contribution in [3.63, 3.8) is 0 Å². The number of carbonyl (C=O) groups excluding carboxylic acids is 1. The normalized spacial score (nSPS) is 19.7. The van der Waals surface area contributed by atoms with Crippen molar-refractivity contribution in [2.45, 2.75) is 39.5 Å². The largest absolute Gasteiger partial charge is 0.481 e. The Morgan fingerprint density at radius 2 is 2.11 bits per heavy atom. The average molecular weight is 256 g/mol. The molecule has 5 nitrogen and oxygen atoms in total. The molecule has 5 heteroatoms. The first kappa shape index (κ1) is 14.8.